The SMILES string of the molecule is CCCn1c(=O)c2c(nc(-c3cccc(C)c3)n2CCC(C)C)n(C)c1=O. The summed E-state index contributed by atoms with van der Waals surface area (Å²) in [5.74, 6) is 1.24. The monoisotopic (exact) mass is 368 g/mol. The summed E-state index contributed by atoms with van der Waals surface area (Å²) in [5.41, 5.74) is 2.51. The Morgan fingerprint density at radius 1 is 1.11 bits per heavy atom. The lowest BCUT2D eigenvalue weighted by atomic mass is 10.1. The van der Waals surface area contributed by atoms with Gasteiger partial charge in [0.15, 0.2) is 11.2 Å². The van der Waals surface area contributed by atoms with Gasteiger partial charge in [0.1, 0.15) is 5.82 Å². The fourth-order valence-corrected chi connectivity index (χ4v) is 3.40. The molecular weight excluding hydrogens is 340 g/mol. The first-order valence-electron chi connectivity index (χ1n) is 9.62. The second-order valence-electron chi connectivity index (χ2n) is 7.61. The minimum Gasteiger partial charge on any atom is -0.318 e. The lowest BCUT2D eigenvalue weighted by molar-refractivity contribution is 0.522. The second-order valence-corrected chi connectivity index (χ2v) is 7.61. The van der Waals surface area contributed by atoms with E-state index < -0.39 is 0 Å². The molecule has 0 aliphatic heterocycles. The molecule has 6 nitrogen and oxygen atoms in total. The molecule has 27 heavy (non-hydrogen) atoms. The highest BCUT2D eigenvalue weighted by molar-refractivity contribution is 5.77. The van der Waals surface area contributed by atoms with E-state index in [4.69, 9.17) is 4.98 Å². The Hall–Kier alpha value is -2.63. The van der Waals surface area contributed by atoms with Gasteiger partial charge in [-0.3, -0.25) is 13.9 Å². The summed E-state index contributed by atoms with van der Waals surface area (Å²) >= 11 is 0. The molecule has 0 radical (unpaired) electrons. The van der Waals surface area contributed by atoms with Crippen LogP contribution in [-0.4, -0.2) is 18.7 Å². The van der Waals surface area contributed by atoms with Crippen LogP contribution in [0.15, 0.2) is 33.9 Å². The van der Waals surface area contributed by atoms with Crippen molar-refractivity contribution in [1.29, 1.82) is 0 Å². The lowest BCUT2D eigenvalue weighted by Crippen LogP contribution is -2.39. The van der Waals surface area contributed by atoms with Crippen molar-refractivity contribution in [3.05, 3.63) is 50.7 Å². The Morgan fingerprint density at radius 3 is 2.48 bits per heavy atom. The molecule has 0 fully saturated rings. The van der Waals surface area contributed by atoms with Crippen LogP contribution >= 0.6 is 0 Å². The van der Waals surface area contributed by atoms with Gasteiger partial charge in [-0.1, -0.05) is 44.5 Å². The van der Waals surface area contributed by atoms with E-state index in [-0.39, 0.29) is 11.2 Å². The van der Waals surface area contributed by atoms with E-state index in [0.717, 1.165) is 29.8 Å². The summed E-state index contributed by atoms with van der Waals surface area (Å²) in [6.45, 7) is 9.43. The molecule has 0 unspecified atom stereocenters. The maximum absolute atomic E-state index is 13.2. The molecule has 0 amide bonds. The molecule has 0 atom stereocenters. The van der Waals surface area contributed by atoms with Gasteiger partial charge in [-0.15, -0.1) is 0 Å². The molecule has 144 valence electrons. The molecule has 0 saturated heterocycles. The van der Waals surface area contributed by atoms with E-state index in [2.05, 4.69) is 19.9 Å². The van der Waals surface area contributed by atoms with Gasteiger partial charge < -0.3 is 4.57 Å². The fourth-order valence-electron chi connectivity index (χ4n) is 3.40. The van der Waals surface area contributed by atoms with Gasteiger partial charge in [-0.25, -0.2) is 9.78 Å². The van der Waals surface area contributed by atoms with Gasteiger partial charge >= 0.3 is 5.69 Å². The van der Waals surface area contributed by atoms with Crippen molar-refractivity contribution in [2.45, 2.75) is 53.6 Å². The molecule has 0 N–H and O–H groups in total. The van der Waals surface area contributed by atoms with E-state index in [9.17, 15) is 9.59 Å². The zero-order chi connectivity index (χ0) is 19.7. The minimum atomic E-state index is -0.307. The van der Waals surface area contributed by atoms with Crippen LogP contribution in [0.2, 0.25) is 0 Å². The molecule has 0 aliphatic rings. The number of aromatic nitrogens is 4. The summed E-state index contributed by atoms with van der Waals surface area (Å²) in [5, 5.41) is 0. The maximum atomic E-state index is 13.2. The molecule has 3 aromatic rings. The molecule has 0 bridgehead atoms. The Balaban J connectivity index is 2.37. The van der Waals surface area contributed by atoms with Crippen LogP contribution in [-0.2, 0) is 20.1 Å². The van der Waals surface area contributed by atoms with Crippen molar-refractivity contribution >= 4 is 11.2 Å². The standard InChI is InChI=1S/C21H28N4O2/c1-6-11-25-20(26)17-19(23(5)21(25)27)22-18(24(17)12-10-14(2)3)16-9-7-8-15(4)13-16/h7-9,13-14H,6,10-12H2,1-5H3. The molecule has 2 aromatic heterocycles. The highest BCUT2D eigenvalue weighted by Crippen LogP contribution is 2.24. The lowest BCUT2D eigenvalue weighted by Gasteiger charge is -2.12. The van der Waals surface area contributed by atoms with E-state index in [1.807, 2.05) is 36.6 Å². The summed E-state index contributed by atoms with van der Waals surface area (Å²) in [4.78, 5) is 30.5. The second kappa shape index (κ2) is 7.55. The van der Waals surface area contributed by atoms with Crippen LogP contribution in [0.1, 0.15) is 39.2 Å². The van der Waals surface area contributed by atoms with Crippen molar-refractivity contribution in [1.82, 2.24) is 18.7 Å². The van der Waals surface area contributed by atoms with Crippen LogP contribution in [0.3, 0.4) is 0 Å². The third-order valence-corrected chi connectivity index (χ3v) is 4.89. The van der Waals surface area contributed by atoms with Crippen LogP contribution in [0.4, 0.5) is 0 Å². The van der Waals surface area contributed by atoms with Crippen molar-refractivity contribution in [2.24, 2.45) is 13.0 Å². The summed E-state index contributed by atoms with van der Waals surface area (Å²) in [6.07, 6.45) is 1.66. The molecule has 0 saturated carbocycles. The molecular formula is C21H28N4O2. The minimum absolute atomic E-state index is 0.245. The highest BCUT2D eigenvalue weighted by atomic mass is 16.2. The molecule has 0 aliphatic carbocycles. The van der Waals surface area contributed by atoms with Gasteiger partial charge in [-0.2, -0.15) is 0 Å². The first-order chi connectivity index (χ1) is 12.8. The first kappa shape index (κ1) is 19.1. The van der Waals surface area contributed by atoms with Crippen LogP contribution in [0.5, 0.6) is 0 Å². The number of imidazole rings is 1. The predicted molar refractivity (Wildman–Crippen MR) is 109 cm³/mol. The molecule has 6 heteroatoms. The van der Waals surface area contributed by atoms with Gasteiger partial charge in [0.05, 0.1) is 0 Å². The number of benzene rings is 1. The van der Waals surface area contributed by atoms with Crippen LogP contribution in [0, 0.1) is 12.8 Å². The van der Waals surface area contributed by atoms with Crippen molar-refractivity contribution in [2.75, 3.05) is 0 Å². The van der Waals surface area contributed by atoms with Gasteiger partial charge in [0, 0.05) is 25.7 Å². The number of hydrogen-bond donors (Lipinski definition) is 0. The Kier molecular flexibility index (Phi) is 5.35. The molecule has 1 aromatic carbocycles. The summed E-state index contributed by atoms with van der Waals surface area (Å²) in [6, 6.07) is 8.10. The highest BCUT2D eigenvalue weighted by Gasteiger charge is 2.21. The summed E-state index contributed by atoms with van der Waals surface area (Å²) < 4.78 is 4.82. The van der Waals surface area contributed by atoms with Gasteiger partial charge in [-0.05, 0) is 31.7 Å². The average Bonchev–Trinajstić information content (AvgIpc) is 3.01. The topological polar surface area (TPSA) is 61.8 Å². The van der Waals surface area contributed by atoms with Crippen LogP contribution < -0.4 is 11.2 Å². The predicted octanol–water partition coefficient (Wildman–Crippen LogP) is 3.33. The van der Waals surface area contributed by atoms with E-state index >= 15 is 0 Å². The van der Waals surface area contributed by atoms with Crippen molar-refractivity contribution < 1.29 is 0 Å². The Morgan fingerprint density at radius 2 is 1.85 bits per heavy atom. The number of nitrogens with zero attached hydrogens (tertiary/aromatic N) is 4. The third-order valence-electron chi connectivity index (χ3n) is 4.89. The first-order valence-corrected chi connectivity index (χ1v) is 9.62. The molecule has 2 heterocycles. The zero-order valence-electron chi connectivity index (χ0n) is 16.8. The molecule has 0 spiro atoms. The third kappa shape index (κ3) is 3.48. The quantitative estimate of drug-likeness (QED) is 0.670. The molecule has 3 rings (SSSR count). The van der Waals surface area contributed by atoms with E-state index in [0.29, 0.717) is 30.2 Å². The van der Waals surface area contributed by atoms with Gasteiger partial charge in [0.2, 0.25) is 0 Å². The largest absolute Gasteiger partial charge is 0.332 e. The number of fused-ring (bicyclic) bond motifs is 1. The maximum Gasteiger partial charge on any atom is 0.332 e. The van der Waals surface area contributed by atoms with Crippen molar-refractivity contribution in [3.63, 3.8) is 0 Å². The Bertz CT molecular complexity index is 1090. The summed E-state index contributed by atoms with van der Waals surface area (Å²) in [7, 11) is 1.69. The average molecular weight is 368 g/mol. The van der Waals surface area contributed by atoms with Crippen LogP contribution in [0.25, 0.3) is 22.6 Å². The zero-order valence-corrected chi connectivity index (χ0v) is 16.8. The number of aryl methyl sites for hydroxylation is 3. The normalized spacial score (nSPS) is 11.6. The van der Waals surface area contributed by atoms with Crippen molar-refractivity contribution in [3.8, 4) is 11.4 Å². The fraction of sp³-hybridized carbons (Fsp3) is 0.476. The van der Waals surface area contributed by atoms with E-state index in [1.54, 1.807) is 7.05 Å². The van der Waals surface area contributed by atoms with Gasteiger partial charge in [0.25, 0.3) is 5.56 Å². The smallest absolute Gasteiger partial charge is 0.318 e. The Labute approximate surface area is 159 Å². The number of rotatable bonds is 6. The number of hydrogen-bond acceptors (Lipinski definition) is 3. The van der Waals surface area contributed by atoms with E-state index in [1.165, 1.54) is 9.13 Å².